The summed E-state index contributed by atoms with van der Waals surface area (Å²) in [4.78, 5) is 11.6. The second-order valence-electron chi connectivity index (χ2n) is 4.88. The summed E-state index contributed by atoms with van der Waals surface area (Å²) in [5.74, 6) is 0.134. The molecule has 4 heteroatoms. The number of carbonyl (C=O) groups is 1. The van der Waals surface area contributed by atoms with Gasteiger partial charge in [-0.25, -0.2) is 0 Å². The van der Waals surface area contributed by atoms with Crippen LogP contribution < -0.4 is 10.6 Å². The van der Waals surface area contributed by atoms with Crippen LogP contribution in [0.25, 0.3) is 0 Å². The van der Waals surface area contributed by atoms with Crippen LogP contribution in [0, 0.1) is 5.92 Å². The zero-order chi connectivity index (χ0) is 12.0. The van der Waals surface area contributed by atoms with Crippen molar-refractivity contribution in [1.29, 1.82) is 0 Å². The molecule has 1 fully saturated rings. The number of amides is 1. The quantitative estimate of drug-likeness (QED) is 0.625. The van der Waals surface area contributed by atoms with Crippen molar-refractivity contribution >= 4 is 5.91 Å². The lowest BCUT2D eigenvalue weighted by molar-refractivity contribution is -0.121. The summed E-state index contributed by atoms with van der Waals surface area (Å²) in [5, 5.41) is 15.1. The van der Waals surface area contributed by atoms with Crippen LogP contribution in [0.1, 0.15) is 39.5 Å². The normalized spacial score (nSPS) is 20.7. The molecular weight excluding hydrogens is 204 g/mol. The van der Waals surface area contributed by atoms with Gasteiger partial charge in [0.25, 0.3) is 0 Å². The maximum atomic E-state index is 11.6. The molecule has 0 aliphatic heterocycles. The van der Waals surface area contributed by atoms with E-state index in [0.29, 0.717) is 12.6 Å². The Bertz CT molecular complexity index is 215. The minimum atomic E-state index is 0.0275. The molecule has 3 N–H and O–H groups in total. The lowest BCUT2D eigenvalue weighted by atomic mass is 10.1. The van der Waals surface area contributed by atoms with Crippen LogP contribution in [0.3, 0.4) is 0 Å². The third kappa shape index (κ3) is 4.49. The van der Waals surface area contributed by atoms with E-state index in [0.717, 1.165) is 0 Å². The van der Waals surface area contributed by atoms with E-state index in [4.69, 9.17) is 5.11 Å². The van der Waals surface area contributed by atoms with Crippen LogP contribution in [0.15, 0.2) is 0 Å². The number of nitrogens with one attached hydrogen (secondary N) is 2. The Kier molecular flexibility index (Phi) is 5.77. The maximum absolute atomic E-state index is 11.6. The molecule has 4 nitrogen and oxygen atoms in total. The van der Waals surface area contributed by atoms with Crippen molar-refractivity contribution in [3.63, 3.8) is 0 Å². The van der Waals surface area contributed by atoms with Crippen molar-refractivity contribution in [2.75, 3.05) is 13.2 Å². The lowest BCUT2D eigenvalue weighted by Gasteiger charge is -2.20. The van der Waals surface area contributed by atoms with E-state index in [1.165, 1.54) is 25.7 Å². The minimum absolute atomic E-state index is 0.0275. The van der Waals surface area contributed by atoms with Crippen LogP contribution in [-0.4, -0.2) is 36.2 Å². The maximum Gasteiger partial charge on any atom is 0.234 e. The van der Waals surface area contributed by atoms with Crippen LogP contribution in [0.4, 0.5) is 0 Å². The molecule has 0 bridgehead atoms. The van der Waals surface area contributed by atoms with Gasteiger partial charge >= 0.3 is 0 Å². The predicted octanol–water partition coefficient (Wildman–Crippen LogP) is 0.652. The van der Waals surface area contributed by atoms with Gasteiger partial charge in [0.15, 0.2) is 0 Å². The monoisotopic (exact) mass is 228 g/mol. The molecule has 2 atom stereocenters. The predicted molar refractivity (Wildman–Crippen MR) is 64.1 cm³/mol. The Hall–Kier alpha value is -0.610. The van der Waals surface area contributed by atoms with Gasteiger partial charge in [0.1, 0.15) is 0 Å². The van der Waals surface area contributed by atoms with Gasteiger partial charge in [-0.2, -0.15) is 0 Å². The van der Waals surface area contributed by atoms with Gasteiger partial charge in [-0.3, -0.25) is 4.79 Å². The SMILES string of the molecule is CC(CO)C(C)NC(=O)CNC1CCCC1. The van der Waals surface area contributed by atoms with Gasteiger partial charge in [-0.15, -0.1) is 0 Å². The largest absolute Gasteiger partial charge is 0.396 e. The van der Waals surface area contributed by atoms with Gasteiger partial charge in [-0.1, -0.05) is 19.8 Å². The van der Waals surface area contributed by atoms with Gasteiger partial charge in [0, 0.05) is 18.7 Å². The molecule has 16 heavy (non-hydrogen) atoms. The number of aliphatic hydroxyl groups is 1. The molecule has 1 aliphatic rings. The van der Waals surface area contributed by atoms with Crippen molar-refractivity contribution in [3.05, 3.63) is 0 Å². The second-order valence-corrected chi connectivity index (χ2v) is 4.88. The molecule has 94 valence electrons. The summed E-state index contributed by atoms with van der Waals surface area (Å²) >= 11 is 0. The molecule has 0 radical (unpaired) electrons. The average Bonchev–Trinajstić information content (AvgIpc) is 2.78. The Labute approximate surface area is 97.8 Å². The van der Waals surface area contributed by atoms with Gasteiger partial charge < -0.3 is 15.7 Å². The number of rotatable bonds is 6. The highest BCUT2D eigenvalue weighted by Gasteiger charge is 2.17. The molecule has 0 aromatic heterocycles. The summed E-state index contributed by atoms with van der Waals surface area (Å²) in [7, 11) is 0. The van der Waals surface area contributed by atoms with Crippen LogP contribution in [0.5, 0.6) is 0 Å². The summed E-state index contributed by atoms with van der Waals surface area (Å²) in [6, 6.07) is 0.555. The molecule has 1 aliphatic carbocycles. The number of carbonyl (C=O) groups excluding carboxylic acids is 1. The summed E-state index contributed by atoms with van der Waals surface area (Å²) in [6.07, 6.45) is 4.93. The lowest BCUT2D eigenvalue weighted by Crippen LogP contribution is -2.44. The first-order valence-corrected chi connectivity index (χ1v) is 6.27. The van der Waals surface area contributed by atoms with Crippen molar-refractivity contribution in [2.45, 2.75) is 51.6 Å². The van der Waals surface area contributed by atoms with E-state index in [1.54, 1.807) is 0 Å². The molecule has 1 amide bonds. The Morgan fingerprint density at radius 1 is 1.38 bits per heavy atom. The van der Waals surface area contributed by atoms with E-state index in [2.05, 4.69) is 10.6 Å². The Balaban J connectivity index is 2.14. The highest BCUT2D eigenvalue weighted by Crippen LogP contribution is 2.17. The number of aliphatic hydroxyl groups excluding tert-OH is 1. The Morgan fingerprint density at radius 2 is 2.00 bits per heavy atom. The summed E-state index contributed by atoms with van der Waals surface area (Å²) in [5.41, 5.74) is 0. The van der Waals surface area contributed by atoms with Crippen molar-refractivity contribution in [1.82, 2.24) is 10.6 Å². The molecule has 0 aromatic carbocycles. The number of hydrogen-bond donors (Lipinski definition) is 3. The number of hydrogen-bond acceptors (Lipinski definition) is 3. The van der Waals surface area contributed by atoms with E-state index >= 15 is 0 Å². The average molecular weight is 228 g/mol. The van der Waals surface area contributed by atoms with E-state index in [9.17, 15) is 4.79 Å². The molecule has 0 aromatic rings. The highest BCUT2D eigenvalue weighted by molar-refractivity contribution is 5.78. The summed E-state index contributed by atoms with van der Waals surface area (Å²) < 4.78 is 0. The van der Waals surface area contributed by atoms with Crippen LogP contribution >= 0.6 is 0 Å². The second kappa shape index (κ2) is 6.86. The van der Waals surface area contributed by atoms with Gasteiger partial charge in [0.05, 0.1) is 6.54 Å². The van der Waals surface area contributed by atoms with E-state index in [-0.39, 0.29) is 24.5 Å². The zero-order valence-electron chi connectivity index (χ0n) is 10.3. The third-order valence-electron chi connectivity index (χ3n) is 3.44. The van der Waals surface area contributed by atoms with Crippen molar-refractivity contribution in [3.8, 4) is 0 Å². The fourth-order valence-electron chi connectivity index (χ4n) is 1.97. The smallest absolute Gasteiger partial charge is 0.234 e. The molecule has 2 unspecified atom stereocenters. The van der Waals surface area contributed by atoms with E-state index < -0.39 is 0 Å². The first kappa shape index (κ1) is 13.5. The molecule has 0 saturated heterocycles. The van der Waals surface area contributed by atoms with Gasteiger partial charge in [0.2, 0.25) is 5.91 Å². The fraction of sp³-hybridized carbons (Fsp3) is 0.917. The molecule has 0 spiro atoms. The first-order chi connectivity index (χ1) is 7.63. The molecule has 1 saturated carbocycles. The van der Waals surface area contributed by atoms with Crippen molar-refractivity contribution in [2.24, 2.45) is 5.92 Å². The standard InChI is InChI=1S/C12H24N2O2/c1-9(8-15)10(2)14-12(16)7-13-11-5-3-4-6-11/h9-11,13,15H,3-8H2,1-2H3,(H,14,16). The highest BCUT2D eigenvalue weighted by atomic mass is 16.3. The molecule has 1 rings (SSSR count). The fourth-order valence-corrected chi connectivity index (χ4v) is 1.97. The van der Waals surface area contributed by atoms with Crippen LogP contribution in [0.2, 0.25) is 0 Å². The third-order valence-corrected chi connectivity index (χ3v) is 3.44. The van der Waals surface area contributed by atoms with Gasteiger partial charge in [-0.05, 0) is 25.7 Å². The zero-order valence-corrected chi connectivity index (χ0v) is 10.3. The Morgan fingerprint density at radius 3 is 2.56 bits per heavy atom. The molecular formula is C12H24N2O2. The minimum Gasteiger partial charge on any atom is -0.396 e. The summed E-state index contributed by atoms with van der Waals surface area (Å²) in [6.45, 7) is 4.36. The topological polar surface area (TPSA) is 61.4 Å². The van der Waals surface area contributed by atoms with Crippen LogP contribution in [-0.2, 0) is 4.79 Å². The van der Waals surface area contributed by atoms with Crippen molar-refractivity contribution < 1.29 is 9.90 Å². The first-order valence-electron chi connectivity index (χ1n) is 6.27. The van der Waals surface area contributed by atoms with E-state index in [1.807, 2.05) is 13.8 Å². The molecule has 0 heterocycles.